The fourth-order valence-corrected chi connectivity index (χ4v) is 2.81. The van der Waals surface area contributed by atoms with Crippen LogP contribution in [0.2, 0.25) is 0 Å². The van der Waals surface area contributed by atoms with Gasteiger partial charge in [0.2, 0.25) is 5.91 Å². The van der Waals surface area contributed by atoms with Crippen LogP contribution in [0.4, 0.5) is 0 Å². The molecule has 2 atom stereocenters. The van der Waals surface area contributed by atoms with Gasteiger partial charge in [0.25, 0.3) is 5.91 Å². The molecular weight excluding hydrogens is 290 g/mol. The average Bonchev–Trinajstić information content (AvgIpc) is 2.59. The molecule has 1 aromatic rings. The molecule has 5 nitrogen and oxygen atoms in total. The quantitative estimate of drug-likeness (QED) is 0.869. The van der Waals surface area contributed by atoms with E-state index in [1.807, 2.05) is 36.9 Å². The number of benzene rings is 1. The summed E-state index contributed by atoms with van der Waals surface area (Å²) in [4.78, 5) is 27.1. The molecule has 1 aliphatic heterocycles. The lowest BCUT2D eigenvalue weighted by Crippen LogP contribution is -2.54. The van der Waals surface area contributed by atoms with E-state index in [4.69, 9.17) is 5.73 Å². The molecule has 1 aliphatic rings. The topological polar surface area (TPSA) is 75.4 Å². The first-order chi connectivity index (χ1) is 11.0. The molecule has 0 aromatic heterocycles. The van der Waals surface area contributed by atoms with E-state index in [1.54, 1.807) is 12.1 Å². The maximum absolute atomic E-state index is 12.8. The lowest BCUT2D eigenvalue weighted by molar-refractivity contribution is -0.135. The van der Waals surface area contributed by atoms with Gasteiger partial charge in [0.1, 0.15) is 6.04 Å². The Balaban J connectivity index is 2.07. The number of carbonyl (C=O) groups is 2. The third kappa shape index (κ3) is 4.55. The van der Waals surface area contributed by atoms with Crippen LogP contribution < -0.4 is 11.1 Å². The van der Waals surface area contributed by atoms with E-state index in [2.05, 4.69) is 5.32 Å². The van der Waals surface area contributed by atoms with Crippen molar-refractivity contribution in [2.45, 2.75) is 45.2 Å². The molecule has 1 heterocycles. The van der Waals surface area contributed by atoms with Crippen LogP contribution in [0.15, 0.2) is 30.3 Å². The Morgan fingerprint density at radius 3 is 2.43 bits per heavy atom. The van der Waals surface area contributed by atoms with Gasteiger partial charge in [0.05, 0.1) is 0 Å². The molecule has 126 valence electrons. The van der Waals surface area contributed by atoms with E-state index >= 15 is 0 Å². The molecule has 2 unspecified atom stereocenters. The Morgan fingerprint density at radius 1 is 1.26 bits per heavy atom. The smallest absolute Gasteiger partial charge is 0.251 e. The molecule has 0 bridgehead atoms. The van der Waals surface area contributed by atoms with Crippen molar-refractivity contribution in [2.24, 2.45) is 11.7 Å². The third-order valence-electron chi connectivity index (χ3n) is 4.65. The number of hydrogen-bond donors (Lipinski definition) is 2. The van der Waals surface area contributed by atoms with Gasteiger partial charge in [-0.15, -0.1) is 0 Å². The number of nitrogens with zero attached hydrogens (tertiary/aromatic N) is 1. The highest BCUT2D eigenvalue weighted by molar-refractivity contribution is 5.97. The SMILES string of the molecule is CCC(C)C(NC(=O)c1ccccc1)C(=O)N1CCC(N)CC1. The molecule has 0 saturated carbocycles. The zero-order valence-corrected chi connectivity index (χ0v) is 14.0. The van der Waals surface area contributed by atoms with Crippen LogP contribution >= 0.6 is 0 Å². The normalized spacial score (nSPS) is 18.3. The van der Waals surface area contributed by atoms with Crippen molar-refractivity contribution in [2.75, 3.05) is 13.1 Å². The van der Waals surface area contributed by atoms with Crippen LogP contribution in [-0.2, 0) is 4.79 Å². The standard InChI is InChI=1S/C18H27N3O2/c1-3-13(2)16(18(23)21-11-9-15(19)10-12-21)20-17(22)14-7-5-4-6-8-14/h4-8,13,15-16H,3,9-12,19H2,1-2H3,(H,20,22). The second-order valence-electron chi connectivity index (χ2n) is 6.37. The summed E-state index contributed by atoms with van der Waals surface area (Å²) in [5.41, 5.74) is 6.49. The summed E-state index contributed by atoms with van der Waals surface area (Å²) >= 11 is 0. The predicted molar refractivity (Wildman–Crippen MR) is 90.9 cm³/mol. The molecular formula is C18H27N3O2. The van der Waals surface area contributed by atoms with Gasteiger partial charge in [-0.05, 0) is 30.9 Å². The summed E-state index contributed by atoms with van der Waals surface area (Å²) in [6.45, 7) is 5.39. The van der Waals surface area contributed by atoms with Gasteiger partial charge in [-0.25, -0.2) is 0 Å². The van der Waals surface area contributed by atoms with Crippen molar-refractivity contribution in [3.63, 3.8) is 0 Å². The fraction of sp³-hybridized carbons (Fsp3) is 0.556. The minimum absolute atomic E-state index is 0.00975. The van der Waals surface area contributed by atoms with Crippen LogP contribution in [0.25, 0.3) is 0 Å². The van der Waals surface area contributed by atoms with Gasteiger partial charge in [0, 0.05) is 24.7 Å². The van der Waals surface area contributed by atoms with E-state index < -0.39 is 6.04 Å². The van der Waals surface area contributed by atoms with Gasteiger partial charge >= 0.3 is 0 Å². The molecule has 0 radical (unpaired) electrons. The summed E-state index contributed by atoms with van der Waals surface area (Å²) in [5.74, 6) is -0.0979. The van der Waals surface area contributed by atoms with E-state index in [-0.39, 0.29) is 23.8 Å². The number of hydrogen-bond acceptors (Lipinski definition) is 3. The Morgan fingerprint density at radius 2 is 1.87 bits per heavy atom. The zero-order valence-electron chi connectivity index (χ0n) is 14.0. The highest BCUT2D eigenvalue weighted by Gasteiger charge is 2.31. The molecule has 1 fully saturated rings. The summed E-state index contributed by atoms with van der Waals surface area (Å²) < 4.78 is 0. The highest BCUT2D eigenvalue weighted by atomic mass is 16.2. The average molecular weight is 317 g/mol. The van der Waals surface area contributed by atoms with Crippen LogP contribution in [0, 0.1) is 5.92 Å². The number of nitrogens with two attached hydrogens (primary N) is 1. The van der Waals surface area contributed by atoms with Gasteiger partial charge < -0.3 is 16.0 Å². The molecule has 2 rings (SSSR count). The summed E-state index contributed by atoms with van der Waals surface area (Å²) in [7, 11) is 0. The van der Waals surface area contributed by atoms with E-state index in [9.17, 15) is 9.59 Å². The van der Waals surface area contributed by atoms with Crippen molar-refractivity contribution >= 4 is 11.8 Å². The molecule has 3 N–H and O–H groups in total. The Labute approximate surface area is 138 Å². The Hall–Kier alpha value is -1.88. The number of amides is 2. The lowest BCUT2D eigenvalue weighted by Gasteiger charge is -2.34. The molecule has 2 amide bonds. The zero-order chi connectivity index (χ0) is 16.8. The van der Waals surface area contributed by atoms with Gasteiger partial charge in [0.15, 0.2) is 0 Å². The minimum Gasteiger partial charge on any atom is -0.341 e. The maximum atomic E-state index is 12.8. The highest BCUT2D eigenvalue weighted by Crippen LogP contribution is 2.16. The van der Waals surface area contributed by atoms with Crippen molar-refractivity contribution in [3.8, 4) is 0 Å². The first-order valence-electron chi connectivity index (χ1n) is 8.43. The largest absolute Gasteiger partial charge is 0.341 e. The fourth-order valence-electron chi connectivity index (χ4n) is 2.81. The maximum Gasteiger partial charge on any atom is 0.251 e. The molecule has 1 aromatic carbocycles. The Bertz CT molecular complexity index is 524. The third-order valence-corrected chi connectivity index (χ3v) is 4.65. The van der Waals surface area contributed by atoms with Crippen molar-refractivity contribution in [1.29, 1.82) is 0 Å². The predicted octanol–water partition coefficient (Wildman–Crippen LogP) is 1.78. The summed E-state index contributed by atoms with van der Waals surface area (Å²) in [5, 5.41) is 2.93. The molecule has 23 heavy (non-hydrogen) atoms. The van der Waals surface area contributed by atoms with E-state index in [1.165, 1.54) is 0 Å². The van der Waals surface area contributed by atoms with E-state index in [0.717, 1.165) is 19.3 Å². The molecule has 0 spiro atoms. The van der Waals surface area contributed by atoms with Crippen molar-refractivity contribution in [3.05, 3.63) is 35.9 Å². The van der Waals surface area contributed by atoms with Crippen LogP contribution in [0.3, 0.4) is 0 Å². The van der Waals surface area contributed by atoms with Crippen molar-refractivity contribution < 1.29 is 9.59 Å². The number of carbonyl (C=O) groups excluding carboxylic acids is 2. The molecule has 1 saturated heterocycles. The monoisotopic (exact) mass is 317 g/mol. The molecule has 5 heteroatoms. The van der Waals surface area contributed by atoms with Gasteiger partial charge in [-0.2, -0.15) is 0 Å². The summed E-state index contributed by atoms with van der Waals surface area (Å²) in [6, 6.07) is 8.72. The van der Waals surface area contributed by atoms with E-state index in [0.29, 0.717) is 18.7 Å². The Kier molecular flexibility index (Phi) is 6.16. The number of rotatable bonds is 5. The lowest BCUT2D eigenvalue weighted by atomic mass is 9.96. The van der Waals surface area contributed by atoms with Gasteiger partial charge in [-0.1, -0.05) is 38.5 Å². The first kappa shape index (κ1) is 17.5. The van der Waals surface area contributed by atoms with Crippen LogP contribution in [0.1, 0.15) is 43.5 Å². The second-order valence-corrected chi connectivity index (χ2v) is 6.37. The minimum atomic E-state index is -0.484. The first-order valence-corrected chi connectivity index (χ1v) is 8.43. The number of likely N-dealkylation sites (tertiary alicyclic amines) is 1. The van der Waals surface area contributed by atoms with Crippen LogP contribution in [0.5, 0.6) is 0 Å². The van der Waals surface area contributed by atoms with Crippen LogP contribution in [-0.4, -0.2) is 41.9 Å². The number of nitrogens with one attached hydrogen (secondary N) is 1. The van der Waals surface area contributed by atoms with Crippen molar-refractivity contribution in [1.82, 2.24) is 10.2 Å². The summed E-state index contributed by atoms with van der Waals surface area (Å²) in [6.07, 6.45) is 2.48. The second kappa shape index (κ2) is 8.11. The number of piperidine rings is 1. The van der Waals surface area contributed by atoms with Gasteiger partial charge in [-0.3, -0.25) is 9.59 Å². The molecule has 0 aliphatic carbocycles.